The molecule has 0 spiro atoms. The maximum atomic E-state index is 12.1. The number of aryl methyl sites for hydroxylation is 1. The van der Waals surface area contributed by atoms with Crippen LogP contribution in [0.25, 0.3) is 0 Å². The fourth-order valence-corrected chi connectivity index (χ4v) is 1.73. The zero-order valence-corrected chi connectivity index (χ0v) is 12.1. The van der Waals surface area contributed by atoms with Crippen molar-refractivity contribution >= 4 is 17.4 Å². The Bertz CT molecular complexity index is 599. The van der Waals surface area contributed by atoms with Crippen LogP contribution in [0.4, 0.5) is 11.5 Å². The number of ether oxygens (including phenoxy) is 1. The van der Waals surface area contributed by atoms with Gasteiger partial charge in [0.15, 0.2) is 5.69 Å². The zero-order valence-electron chi connectivity index (χ0n) is 12.1. The van der Waals surface area contributed by atoms with Crippen LogP contribution in [0.2, 0.25) is 0 Å². The predicted octanol–water partition coefficient (Wildman–Crippen LogP) is 2.10. The summed E-state index contributed by atoms with van der Waals surface area (Å²) in [7, 11) is 1.63. The molecule has 1 aromatic heterocycles. The number of amides is 1. The van der Waals surface area contributed by atoms with Crippen LogP contribution in [0.15, 0.2) is 36.4 Å². The summed E-state index contributed by atoms with van der Waals surface area (Å²) in [5.74, 6) is 0.333. The highest BCUT2D eigenvalue weighted by molar-refractivity contribution is 6.03. The van der Waals surface area contributed by atoms with Crippen molar-refractivity contribution in [3.63, 3.8) is 0 Å². The molecular formula is C15H18N4O2. The second kappa shape index (κ2) is 7.35. The minimum absolute atomic E-state index is 0.274. The third kappa shape index (κ3) is 4.25. The molecule has 0 saturated heterocycles. The molecule has 0 atom stereocenters. The lowest BCUT2D eigenvalue weighted by atomic mass is 10.2. The molecule has 6 nitrogen and oxygen atoms in total. The Hall–Kier alpha value is -2.47. The Morgan fingerprint density at radius 2 is 2.00 bits per heavy atom. The van der Waals surface area contributed by atoms with Crippen LogP contribution < -0.4 is 10.6 Å². The van der Waals surface area contributed by atoms with Gasteiger partial charge in [-0.15, -0.1) is 10.2 Å². The predicted molar refractivity (Wildman–Crippen MR) is 81.5 cm³/mol. The highest BCUT2D eigenvalue weighted by Crippen LogP contribution is 2.14. The highest BCUT2D eigenvalue weighted by Gasteiger charge is 2.09. The number of methoxy groups -OCH3 is 1. The first-order chi connectivity index (χ1) is 10.2. The Morgan fingerprint density at radius 1 is 1.19 bits per heavy atom. The Kier molecular flexibility index (Phi) is 5.22. The molecule has 0 aliphatic carbocycles. The fraction of sp³-hybridized carbons (Fsp3) is 0.267. The van der Waals surface area contributed by atoms with Crippen molar-refractivity contribution in [3.8, 4) is 0 Å². The summed E-state index contributed by atoms with van der Waals surface area (Å²) < 4.78 is 4.93. The van der Waals surface area contributed by atoms with E-state index >= 15 is 0 Å². The number of carbonyl (C=O) groups is 1. The Balaban J connectivity index is 1.98. The van der Waals surface area contributed by atoms with E-state index in [4.69, 9.17) is 4.74 Å². The number of benzene rings is 1. The molecule has 0 aliphatic rings. The van der Waals surface area contributed by atoms with Gasteiger partial charge in [0.1, 0.15) is 5.82 Å². The SMILES string of the molecule is COCCNc1ccc(C(=O)Nc2ccccc2C)nn1. The molecule has 0 radical (unpaired) electrons. The van der Waals surface area contributed by atoms with Gasteiger partial charge >= 0.3 is 0 Å². The van der Waals surface area contributed by atoms with Crippen molar-refractivity contribution in [2.75, 3.05) is 30.9 Å². The summed E-state index contributed by atoms with van der Waals surface area (Å²) in [4.78, 5) is 12.1. The standard InChI is InChI=1S/C15H18N4O2/c1-11-5-3-4-6-12(11)17-15(20)13-7-8-14(19-18-13)16-9-10-21-2/h3-8H,9-10H2,1-2H3,(H,16,19)(H,17,20). The second-order valence-electron chi connectivity index (χ2n) is 4.49. The van der Waals surface area contributed by atoms with E-state index in [-0.39, 0.29) is 11.6 Å². The molecule has 0 aliphatic heterocycles. The van der Waals surface area contributed by atoms with Crippen molar-refractivity contribution in [2.24, 2.45) is 0 Å². The van der Waals surface area contributed by atoms with E-state index in [2.05, 4.69) is 20.8 Å². The van der Waals surface area contributed by atoms with E-state index in [1.807, 2.05) is 31.2 Å². The minimum atomic E-state index is -0.278. The maximum Gasteiger partial charge on any atom is 0.276 e. The Morgan fingerprint density at radius 3 is 2.67 bits per heavy atom. The lowest BCUT2D eigenvalue weighted by Crippen LogP contribution is -2.16. The number of carbonyl (C=O) groups excluding carboxylic acids is 1. The monoisotopic (exact) mass is 286 g/mol. The number of hydrogen-bond acceptors (Lipinski definition) is 5. The third-order valence-electron chi connectivity index (χ3n) is 2.90. The van der Waals surface area contributed by atoms with E-state index in [9.17, 15) is 4.79 Å². The van der Waals surface area contributed by atoms with Gasteiger partial charge in [0.25, 0.3) is 5.91 Å². The van der Waals surface area contributed by atoms with E-state index in [1.54, 1.807) is 19.2 Å². The first kappa shape index (κ1) is 14.9. The van der Waals surface area contributed by atoms with Crippen molar-refractivity contribution < 1.29 is 9.53 Å². The minimum Gasteiger partial charge on any atom is -0.383 e. The summed E-state index contributed by atoms with van der Waals surface area (Å²) in [6.45, 7) is 3.15. The van der Waals surface area contributed by atoms with E-state index in [0.29, 0.717) is 19.0 Å². The topological polar surface area (TPSA) is 76.1 Å². The average Bonchev–Trinajstić information content (AvgIpc) is 2.50. The van der Waals surface area contributed by atoms with Crippen LogP contribution in [0.3, 0.4) is 0 Å². The van der Waals surface area contributed by atoms with Gasteiger partial charge < -0.3 is 15.4 Å². The van der Waals surface area contributed by atoms with Gasteiger partial charge in [-0.1, -0.05) is 18.2 Å². The van der Waals surface area contributed by atoms with Gasteiger partial charge in [-0.3, -0.25) is 4.79 Å². The van der Waals surface area contributed by atoms with E-state index in [1.165, 1.54) is 0 Å². The fourth-order valence-electron chi connectivity index (χ4n) is 1.73. The van der Waals surface area contributed by atoms with Crippen molar-refractivity contribution in [1.29, 1.82) is 0 Å². The number of anilines is 2. The molecule has 0 fully saturated rings. The first-order valence-electron chi connectivity index (χ1n) is 6.64. The maximum absolute atomic E-state index is 12.1. The van der Waals surface area contributed by atoms with Gasteiger partial charge in [0, 0.05) is 19.3 Å². The van der Waals surface area contributed by atoms with Gasteiger partial charge in [0.2, 0.25) is 0 Å². The number of aromatic nitrogens is 2. The summed E-state index contributed by atoms with van der Waals surface area (Å²) in [6.07, 6.45) is 0. The number of nitrogens with zero attached hydrogens (tertiary/aromatic N) is 2. The molecule has 2 N–H and O–H groups in total. The number of rotatable bonds is 6. The molecule has 2 aromatic rings. The highest BCUT2D eigenvalue weighted by atomic mass is 16.5. The van der Waals surface area contributed by atoms with Gasteiger partial charge in [-0.05, 0) is 30.7 Å². The molecule has 2 rings (SSSR count). The molecular weight excluding hydrogens is 268 g/mol. The van der Waals surface area contributed by atoms with E-state index < -0.39 is 0 Å². The summed E-state index contributed by atoms with van der Waals surface area (Å²) >= 11 is 0. The molecule has 1 amide bonds. The van der Waals surface area contributed by atoms with Gasteiger partial charge in [-0.2, -0.15) is 0 Å². The third-order valence-corrected chi connectivity index (χ3v) is 2.90. The zero-order chi connectivity index (χ0) is 15.1. The van der Waals surface area contributed by atoms with Crippen LogP contribution >= 0.6 is 0 Å². The van der Waals surface area contributed by atoms with Crippen molar-refractivity contribution in [3.05, 3.63) is 47.7 Å². The summed E-state index contributed by atoms with van der Waals surface area (Å²) in [6, 6.07) is 10.9. The van der Waals surface area contributed by atoms with Crippen LogP contribution in [0.1, 0.15) is 16.1 Å². The normalized spacial score (nSPS) is 10.2. The smallest absolute Gasteiger partial charge is 0.276 e. The van der Waals surface area contributed by atoms with Crippen molar-refractivity contribution in [2.45, 2.75) is 6.92 Å². The number of nitrogens with one attached hydrogen (secondary N) is 2. The molecule has 0 saturated carbocycles. The second-order valence-corrected chi connectivity index (χ2v) is 4.49. The molecule has 1 aromatic carbocycles. The van der Waals surface area contributed by atoms with Gasteiger partial charge in [0.05, 0.1) is 6.61 Å². The van der Waals surface area contributed by atoms with E-state index in [0.717, 1.165) is 11.3 Å². The van der Waals surface area contributed by atoms with Crippen LogP contribution in [0, 0.1) is 6.92 Å². The molecule has 0 bridgehead atoms. The lowest BCUT2D eigenvalue weighted by molar-refractivity contribution is 0.102. The van der Waals surface area contributed by atoms with Crippen LogP contribution in [-0.2, 0) is 4.74 Å². The van der Waals surface area contributed by atoms with Crippen LogP contribution in [0.5, 0.6) is 0 Å². The molecule has 110 valence electrons. The lowest BCUT2D eigenvalue weighted by Gasteiger charge is -2.08. The van der Waals surface area contributed by atoms with Gasteiger partial charge in [-0.25, -0.2) is 0 Å². The average molecular weight is 286 g/mol. The number of hydrogen-bond donors (Lipinski definition) is 2. The molecule has 1 heterocycles. The molecule has 6 heteroatoms. The Labute approximate surface area is 123 Å². The van der Waals surface area contributed by atoms with Crippen molar-refractivity contribution in [1.82, 2.24) is 10.2 Å². The molecule has 0 unspecified atom stereocenters. The molecule has 21 heavy (non-hydrogen) atoms. The quantitative estimate of drug-likeness (QED) is 0.795. The van der Waals surface area contributed by atoms with Crippen LogP contribution in [-0.4, -0.2) is 36.4 Å². The largest absolute Gasteiger partial charge is 0.383 e. The first-order valence-corrected chi connectivity index (χ1v) is 6.64. The summed E-state index contributed by atoms with van der Waals surface area (Å²) in [5.41, 5.74) is 2.04. The summed E-state index contributed by atoms with van der Waals surface area (Å²) in [5, 5.41) is 13.7. The number of para-hydroxylation sites is 1.